The first-order valence-electron chi connectivity index (χ1n) is 7.03. The molecule has 2 atom stereocenters. The van der Waals surface area contributed by atoms with Crippen molar-refractivity contribution < 1.29 is 15.3 Å². The van der Waals surface area contributed by atoms with E-state index >= 15 is 0 Å². The minimum absolute atomic E-state index is 0.184. The number of rotatable bonds is 6. The molecule has 2 aromatic rings. The molecular formula is C17H21NO3. The van der Waals surface area contributed by atoms with Crippen LogP contribution in [0.2, 0.25) is 0 Å². The van der Waals surface area contributed by atoms with Crippen molar-refractivity contribution in [1.29, 1.82) is 0 Å². The molecule has 0 aromatic heterocycles. The maximum Gasteiger partial charge on any atom is 0.157 e. The third-order valence-corrected chi connectivity index (χ3v) is 3.43. The van der Waals surface area contributed by atoms with Gasteiger partial charge in [0.1, 0.15) is 0 Å². The number of aromatic hydroxyl groups is 2. The summed E-state index contributed by atoms with van der Waals surface area (Å²) in [5.41, 5.74) is 1.82. The van der Waals surface area contributed by atoms with E-state index in [1.165, 1.54) is 17.7 Å². The number of phenols is 2. The molecule has 0 amide bonds. The first-order valence-corrected chi connectivity index (χ1v) is 7.03. The number of benzene rings is 2. The molecule has 0 aliphatic rings. The van der Waals surface area contributed by atoms with Gasteiger partial charge in [-0.25, -0.2) is 0 Å². The summed E-state index contributed by atoms with van der Waals surface area (Å²) in [5.74, 6) is -0.403. The molecule has 21 heavy (non-hydrogen) atoms. The minimum atomic E-state index is -0.727. The van der Waals surface area contributed by atoms with Gasteiger partial charge in [-0.05, 0) is 36.6 Å². The van der Waals surface area contributed by atoms with E-state index in [1.807, 2.05) is 18.2 Å². The lowest BCUT2D eigenvalue weighted by molar-refractivity contribution is 0.170. The third kappa shape index (κ3) is 4.48. The molecule has 0 saturated heterocycles. The van der Waals surface area contributed by atoms with Gasteiger partial charge in [0.2, 0.25) is 0 Å². The minimum Gasteiger partial charge on any atom is -0.504 e. The lowest BCUT2D eigenvalue weighted by Gasteiger charge is -2.18. The van der Waals surface area contributed by atoms with Crippen molar-refractivity contribution in [2.24, 2.45) is 0 Å². The summed E-state index contributed by atoms with van der Waals surface area (Å²) in [7, 11) is 0. The molecule has 0 aliphatic carbocycles. The maximum absolute atomic E-state index is 10.1. The smallest absolute Gasteiger partial charge is 0.157 e. The Morgan fingerprint density at radius 3 is 2.38 bits per heavy atom. The van der Waals surface area contributed by atoms with Gasteiger partial charge in [-0.3, -0.25) is 0 Å². The molecule has 0 saturated carbocycles. The van der Waals surface area contributed by atoms with Crippen molar-refractivity contribution in [3.8, 4) is 11.5 Å². The molecule has 0 fully saturated rings. The second kappa shape index (κ2) is 7.11. The molecule has 112 valence electrons. The molecule has 0 aliphatic heterocycles. The summed E-state index contributed by atoms with van der Waals surface area (Å²) in [5, 5.41) is 32.1. The lowest BCUT2D eigenvalue weighted by Crippen LogP contribution is -2.32. The summed E-state index contributed by atoms with van der Waals surface area (Å²) in [4.78, 5) is 0. The highest BCUT2D eigenvalue weighted by atomic mass is 16.3. The molecule has 4 heteroatoms. The standard InChI is InChI=1S/C17H21NO3/c1-12(9-13-5-3-2-4-6-13)18-11-17(21)14-7-8-15(19)16(20)10-14/h2-8,10,12,17-21H,9,11H2,1H3/t12-,17+/m1/s1. The zero-order chi connectivity index (χ0) is 15.2. The van der Waals surface area contributed by atoms with Gasteiger partial charge in [0, 0.05) is 12.6 Å². The van der Waals surface area contributed by atoms with E-state index in [-0.39, 0.29) is 17.5 Å². The van der Waals surface area contributed by atoms with Crippen molar-refractivity contribution in [2.75, 3.05) is 6.54 Å². The van der Waals surface area contributed by atoms with Crippen LogP contribution in [0.25, 0.3) is 0 Å². The van der Waals surface area contributed by atoms with Crippen LogP contribution in [0.1, 0.15) is 24.2 Å². The van der Waals surface area contributed by atoms with Gasteiger partial charge in [0.25, 0.3) is 0 Å². The van der Waals surface area contributed by atoms with Crippen LogP contribution in [0.15, 0.2) is 48.5 Å². The van der Waals surface area contributed by atoms with E-state index in [0.29, 0.717) is 12.1 Å². The zero-order valence-corrected chi connectivity index (χ0v) is 12.0. The number of phenolic OH excluding ortho intramolecular Hbond substituents is 2. The van der Waals surface area contributed by atoms with E-state index < -0.39 is 6.10 Å². The number of nitrogens with one attached hydrogen (secondary N) is 1. The van der Waals surface area contributed by atoms with Crippen LogP contribution >= 0.6 is 0 Å². The van der Waals surface area contributed by atoms with Gasteiger partial charge in [0.05, 0.1) is 6.10 Å². The molecular weight excluding hydrogens is 266 g/mol. The predicted molar refractivity (Wildman–Crippen MR) is 82.3 cm³/mol. The summed E-state index contributed by atoms with van der Waals surface area (Å²) < 4.78 is 0. The fourth-order valence-electron chi connectivity index (χ4n) is 2.22. The van der Waals surface area contributed by atoms with Gasteiger partial charge in [-0.15, -0.1) is 0 Å². The van der Waals surface area contributed by atoms with E-state index in [4.69, 9.17) is 0 Å². The molecule has 2 aromatic carbocycles. The number of aliphatic hydroxyl groups is 1. The quantitative estimate of drug-likeness (QED) is 0.615. The first kappa shape index (κ1) is 15.4. The molecule has 0 unspecified atom stereocenters. The number of hydrogen-bond acceptors (Lipinski definition) is 4. The highest BCUT2D eigenvalue weighted by molar-refractivity contribution is 5.41. The van der Waals surface area contributed by atoms with Crippen molar-refractivity contribution in [2.45, 2.75) is 25.5 Å². The van der Waals surface area contributed by atoms with Crippen LogP contribution in [0.3, 0.4) is 0 Å². The molecule has 0 spiro atoms. The Morgan fingerprint density at radius 2 is 1.71 bits per heavy atom. The fraction of sp³-hybridized carbons (Fsp3) is 0.294. The normalized spacial score (nSPS) is 13.8. The molecule has 0 heterocycles. The van der Waals surface area contributed by atoms with Gasteiger partial charge in [-0.2, -0.15) is 0 Å². The fourth-order valence-corrected chi connectivity index (χ4v) is 2.22. The van der Waals surface area contributed by atoms with Crippen molar-refractivity contribution in [1.82, 2.24) is 5.32 Å². The van der Waals surface area contributed by atoms with E-state index in [9.17, 15) is 15.3 Å². The Bertz CT molecular complexity index is 572. The van der Waals surface area contributed by atoms with Crippen LogP contribution in [0, 0.1) is 0 Å². The largest absolute Gasteiger partial charge is 0.504 e. The molecule has 4 N–H and O–H groups in total. The number of hydrogen-bond donors (Lipinski definition) is 4. The average Bonchev–Trinajstić information content (AvgIpc) is 2.48. The monoisotopic (exact) mass is 287 g/mol. The first-order chi connectivity index (χ1) is 10.1. The van der Waals surface area contributed by atoms with Crippen LogP contribution in [0.4, 0.5) is 0 Å². The molecule has 0 bridgehead atoms. The number of aliphatic hydroxyl groups excluding tert-OH is 1. The van der Waals surface area contributed by atoms with Gasteiger partial charge >= 0.3 is 0 Å². The maximum atomic E-state index is 10.1. The van der Waals surface area contributed by atoms with Crippen molar-refractivity contribution in [3.63, 3.8) is 0 Å². The Balaban J connectivity index is 1.85. The topological polar surface area (TPSA) is 72.7 Å². The second-order valence-electron chi connectivity index (χ2n) is 5.26. The Kier molecular flexibility index (Phi) is 5.20. The highest BCUT2D eigenvalue weighted by Crippen LogP contribution is 2.27. The SMILES string of the molecule is C[C@H](Cc1ccccc1)NC[C@H](O)c1ccc(O)c(O)c1. The third-order valence-electron chi connectivity index (χ3n) is 3.43. The van der Waals surface area contributed by atoms with Gasteiger partial charge < -0.3 is 20.6 Å². The van der Waals surface area contributed by atoms with E-state index in [2.05, 4.69) is 24.4 Å². The van der Waals surface area contributed by atoms with E-state index in [1.54, 1.807) is 6.07 Å². The van der Waals surface area contributed by atoms with Crippen LogP contribution in [-0.4, -0.2) is 27.9 Å². The summed E-state index contributed by atoms with van der Waals surface area (Å²) in [6.45, 7) is 2.45. The van der Waals surface area contributed by atoms with Crippen molar-refractivity contribution >= 4 is 0 Å². The van der Waals surface area contributed by atoms with Crippen LogP contribution in [-0.2, 0) is 6.42 Å². The average molecular weight is 287 g/mol. The molecule has 0 radical (unpaired) electrons. The lowest BCUT2D eigenvalue weighted by atomic mass is 10.1. The highest BCUT2D eigenvalue weighted by Gasteiger charge is 2.11. The summed E-state index contributed by atoms with van der Waals surface area (Å²) >= 11 is 0. The second-order valence-corrected chi connectivity index (χ2v) is 5.26. The summed E-state index contributed by atoms with van der Waals surface area (Å²) in [6.07, 6.45) is 0.156. The zero-order valence-electron chi connectivity index (χ0n) is 12.0. The van der Waals surface area contributed by atoms with Crippen molar-refractivity contribution in [3.05, 3.63) is 59.7 Å². The predicted octanol–water partition coefficient (Wildman–Crippen LogP) is 2.35. The van der Waals surface area contributed by atoms with Crippen LogP contribution in [0.5, 0.6) is 11.5 Å². The van der Waals surface area contributed by atoms with Gasteiger partial charge in [-0.1, -0.05) is 36.4 Å². The molecule has 2 rings (SSSR count). The van der Waals surface area contributed by atoms with E-state index in [0.717, 1.165) is 6.42 Å². The molecule has 4 nitrogen and oxygen atoms in total. The Hall–Kier alpha value is -2.04. The van der Waals surface area contributed by atoms with Crippen LogP contribution < -0.4 is 5.32 Å². The van der Waals surface area contributed by atoms with Gasteiger partial charge in [0.15, 0.2) is 11.5 Å². The Morgan fingerprint density at radius 1 is 1.00 bits per heavy atom. The Labute approximate surface area is 124 Å². The summed E-state index contributed by atoms with van der Waals surface area (Å²) in [6, 6.07) is 14.7.